The van der Waals surface area contributed by atoms with E-state index in [1.165, 1.54) is 4.88 Å². The van der Waals surface area contributed by atoms with E-state index in [1.807, 2.05) is 13.0 Å². The van der Waals surface area contributed by atoms with Crippen molar-refractivity contribution >= 4 is 21.4 Å². The SMILES string of the molecule is Cc1cccc(S(=O)(=O)N2CCN(Cc3cccs3)CC2)c1. The fourth-order valence-corrected chi connectivity index (χ4v) is 4.95. The first kappa shape index (κ1) is 15.7. The number of thiophene rings is 1. The summed E-state index contributed by atoms with van der Waals surface area (Å²) >= 11 is 1.75. The van der Waals surface area contributed by atoms with Gasteiger partial charge in [-0.15, -0.1) is 11.3 Å². The lowest BCUT2D eigenvalue weighted by Crippen LogP contribution is -2.48. The van der Waals surface area contributed by atoms with Gasteiger partial charge in [-0.05, 0) is 36.1 Å². The zero-order valence-electron chi connectivity index (χ0n) is 12.6. The molecule has 0 N–H and O–H groups in total. The van der Waals surface area contributed by atoms with E-state index in [0.717, 1.165) is 25.2 Å². The predicted octanol–water partition coefficient (Wildman–Crippen LogP) is 2.56. The van der Waals surface area contributed by atoms with Gasteiger partial charge in [0, 0.05) is 37.6 Å². The van der Waals surface area contributed by atoms with Gasteiger partial charge in [0.1, 0.15) is 0 Å². The van der Waals surface area contributed by atoms with Crippen LogP contribution in [0.3, 0.4) is 0 Å². The third-order valence-electron chi connectivity index (χ3n) is 3.92. The molecule has 1 aromatic heterocycles. The van der Waals surface area contributed by atoms with Crippen LogP contribution < -0.4 is 0 Å². The van der Waals surface area contributed by atoms with Gasteiger partial charge in [-0.1, -0.05) is 18.2 Å². The predicted molar refractivity (Wildman–Crippen MR) is 89.5 cm³/mol. The molecule has 6 heteroatoms. The topological polar surface area (TPSA) is 40.6 Å². The molecule has 0 amide bonds. The van der Waals surface area contributed by atoms with Crippen molar-refractivity contribution < 1.29 is 8.42 Å². The molecule has 1 saturated heterocycles. The molecule has 1 aliphatic rings. The van der Waals surface area contributed by atoms with Crippen LogP contribution >= 0.6 is 11.3 Å². The molecular weight excluding hydrogens is 316 g/mol. The maximum Gasteiger partial charge on any atom is 0.243 e. The molecule has 118 valence electrons. The number of aryl methyl sites for hydroxylation is 1. The van der Waals surface area contributed by atoms with Gasteiger partial charge in [-0.25, -0.2) is 8.42 Å². The Balaban J connectivity index is 1.65. The van der Waals surface area contributed by atoms with Gasteiger partial charge in [0.15, 0.2) is 0 Å². The summed E-state index contributed by atoms with van der Waals surface area (Å²) in [5, 5.41) is 2.08. The molecule has 0 spiro atoms. The first-order valence-corrected chi connectivity index (χ1v) is 9.69. The van der Waals surface area contributed by atoms with Crippen LogP contribution in [0.4, 0.5) is 0 Å². The number of sulfonamides is 1. The van der Waals surface area contributed by atoms with Gasteiger partial charge >= 0.3 is 0 Å². The maximum absolute atomic E-state index is 12.7. The zero-order chi connectivity index (χ0) is 15.6. The van der Waals surface area contributed by atoms with Crippen LogP contribution in [0.1, 0.15) is 10.4 Å². The second-order valence-electron chi connectivity index (χ2n) is 5.58. The fraction of sp³-hybridized carbons (Fsp3) is 0.375. The Morgan fingerprint density at radius 1 is 1.09 bits per heavy atom. The highest BCUT2D eigenvalue weighted by Crippen LogP contribution is 2.20. The second kappa shape index (κ2) is 6.50. The van der Waals surface area contributed by atoms with Crippen LogP contribution in [0.5, 0.6) is 0 Å². The minimum Gasteiger partial charge on any atom is -0.296 e. The highest BCUT2D eigenvalue weighted by atomic mass is 32.2. The lowest BCUT2D eigenvalue weighted by Gasteiger charge is -2.33. The van der Waals surface area contributed by atoms with Crippen LogP contribution in [-0.4, -0.2) is 43.8 Å². The van der Waals surface area contributed by atoms with Gasteiger partial charge in [-0.2, -0.15) is 4.31 Å². The summed E-state index contributed by atoms with van der Waals surface area (Å²) in [4.78, 5) is 4.04. The first-order chi connectivity index (χ1) is 10.6. The minimum absolute atomic E-state index is 0.402. The number of benzene rings is 1. The third-order valence-corrected chi connectivity index (χ3v) is 6.67. The molecule has 2 aromatic rings. The number of hydrogen-bond acceptors (Lipinski definition) is 4. The Kier molecular flexibility index (Phi) is 4.63. The van der Waals surface area contributed by atoms with Gasteiger partial charge < -0.3 is 0 Å². The van der Waals surface area contributed by atoms with Crippen molar-refractivity contribution in [2.45, 2.75) is 18.4 Å². The van der Waals surface area contributed by atoms with Crippen molar-refractivity contribution in [2.75, 3.05) is 26.2 Å². The average Bonchev–Trinajstić information content (AvgIpc) is 3.01. The standard InChI is InChI=1S/C16H20N2O2S2/c1-14-4-2-6-16(12-14)22(19,20)18-9-7-17(8-10-18)13-15-5-3-11-21-15/h2-6,11-12H,7-10,13H2,1H3. The Bertz CT molecular complexity index is 718. The van der Waals surface area contributed by atoms with Crippen molar-refractivity contribution in [3.8, 4) is 0 Å². The van der Waals surface area contributed by atoms with Gasteiger partial charge in [0.2, 0.25) is 10.0 Å². The normalized spacial score (nSPS) is 17.7. The Hall–Kier alpha value is -1.21. The Labute approximate surface area is 136 Å². The van der Waals surface area contributed by atoms with E-state index in [-0.39, 0.29) is 0 Å². The summed E-state index contributed by atoms with van der Waals surface area (Å²) in [5.41, 5.74) is 0.970. The maximum atomic E-state index is 12.7. The first-order valence-electron chi connectivity index (χ1n) is 7.37. The summed E-state index contributed by atoms with van der Waals surface area (Å²) < 4.78 is 26.9. The fourth-order valence-electron chi connectivity index (χ4n) is 2.68. The molecular formula is C16H20N2O2S2. The molecule has 0 atom stereocenters. The monoisotopic (exact) mass is 336 g/mol. The zero-order valence-corrected chi connectivity index (χ0v) is 14.2. The Morgan fingerprint density at radius 3 is 2.50 bits per heavy atom. The molecule has 1 aliphatic heterocycles. The van der Waals surface area contributed by atoms with Gasteiger partial charge in [-0.3, -0.25) is 4.90 Å². The number of piperazine rings is 1. The van der Waals surface area contributed by atoms with Crippen LogP contribution in [0.2, 0.25) is 0 Å². The van der Waals surface area contributed by atoms with E-state index in [9.17, 15) is 8.42 Å². The summed E-state index contributed by atoms with van der Waals surface area (Å²) in [5.74, 6) is 0. The molecule has 0 saturated carbocycles. The Morgan fingerprint density at radius 2 is 1.86 bits per heavy atom. The molecule has 0 radical (unpaired) electrons. The quantitative estimate of drug-likeness (QED) is 0.861. The van der Waals surface area contributed by atoms with Crippen molar-refractivity contribution in [1.29, 1.82) is 0 Å². The van der Waals surface area contributed by atoms with Crippen molar-refractivity contribution in [3.05, 3.63) is 52.2 Å². The highest BCUT2D eigenvalue weighted by molar-refractivity contribution is 7.89. The van der Waals surface area contributed by atoms with E-state index in [1.54, 1.807) is 33.8 Å². The summed E-state index contributed by atoms with van der Waals surface area (Å²) in [6.07, 6.45) is 0. The second-order valence-corrected chi connectivity index (χ2v) is 8.55. The van der Waals surface area contributed by atoms with Crippen molar-refractivity contribution in [2.24, 2.45) is 0 Å². The van der Waals surface area contributed by atoms with E-state index in [4.69, 9.17) is 0 Å². The molecule has 0 unspecified atom stereocenters. The number of rotatable bonds is 4. The van der Waals surface area contributed by atoms with E-state index in [0.29, 0.717) is 18.0 Å². The third kappa shape index (κ3) is 3.41. The molecule has 3 rings (SSSR count). The molecule has 1 fully saturated rings. The largest absolute Gasteiger partial charge is 0.296 e. The molecule has 1 aromatic carbocycles. The van der Waals surface area contributed by atoms with Gasteiger partial charge in [0.25, 0.3) is 0 Å². The van der Waals surface area contributed by atoms with Crippen LogP contribution in [0.15, 0.2) is 46.7 Å². The van der Waals surface area contributed by atoms with E-state index in [2.05, 4.69) is 22.4 Å². The molecule has 4 nitrogen and oxygen atoms in total. The highest BCUT2D eigenvalue weighted by Gasteiger charge is 2.28. The smallest absolute Gasteiger partial charge is 0.243 e. The van der Waals surface area contributed by atoms with Gasteiger partial charge in [0.05, 0.1) is 4.90 Å². The molecule has 0 aliphatic carbocycles. The van der Waals surface area contributed by atoms with Crippen LogP contribution in [0.25, 0.3) is 0 Å². The van der Waals surface area contributed by atoms with Crippen LogP contribution in [0, 0.1) is 6.92 Å². The summed E-state index contributed by atoms with van der Waals surface area (Å²) in [6.45, 7) is 5.50. The number of nitrogens with zero attached hydrogens (tertiary/aromatic N) is 2. The summed E-state index contributed by atoms with van der Waals surface area (Å²) in [6, 6.07) is 11.3. The van der Waals surface area contributed by atoms with Crippen molar-refractivity contribution in [1.82, 2.24) is 9.21 Å². The summed E-state index contributed by atoms with van der Waals surface area (Å²) in [7, 11) is -3.36. The lowest BCUT2D eigenvalue weighted by molar-refractivity contribution is 0.183. The van der Waals surface area contributed by atoms with Crippen LogP contribution in [-0.2, 0) is 16.6 Å². The average molecular weight is 336 g/mol. The molecule has 0 bridgehead atoms. The number of hydrogen-bond donors (Lipinski definition) is 0. The van der Waals surface area contributed by atoms with E-state index < -0.39 is 10.0 Å². The lowest BCUT2D eigenvalue weighted by atomic mass is 10.2. The van der Waals surface area contributed by atoms with E-state index >= 15 is 0 Å². The minimum atomic E-state index is -3.36. The molecule has 2 heterocycles. The molecule has 22 heavy (non-hydrogen) atoms. The van der Waals surface area contributed by atoms with Crippen molar-refractivity contribution in [3.63, 3.8) is 0 Å².